The third kappa shape index (κ3) is 5.15. The number of allylic oxidation sites excluding steroid dienone is 1. The molecule has 0 spiro atoms. The lowest BCUT2D eigenvalue weighted by atomic mass is 9.90. The zero-order chi connectivity index (χ0) is 20.4. The third-order valence-corrected chi connectivity index (χ3v) is 4.93. The van der Waals surface area contributed by atoms with Crippen molar-refractivity contribution in [3.05, 3.63) is 36.5 Å². The number of hydrogen-bond acceptors (Lipinski definition) is 4. The molecule has 0 N–H and O–H groups in total. The summed E-state index contributed by atoms with van der Waals surface area (Å²) in [5.41, 5.74) is 1.21. The summed E-state index contributed by atoms with van der Waals surface area (Å²) in [4.78, 5) is 28.3. The summed E-state index contributed by atoms with van der Waals surface area (Å²) < 4.78 is 11.2. The average Bonchev–Trinajstić information content (AvgIpc) is 2.87. The Kier molecular flexibility index (Phi) is 6.07. The fraction of sp³-hybridized carbons (Fsp3) is 0.619. The molecule has 2 rings (SSSR count). The summed E-state index contributed by atoms with van der Waals surface area (Å²) in [5.74, 6) is 0. The summed E-state index contributed by atoms with van der Waals surface area (Å²) in [6.45, 7) is 19.0. The molecule has 0 aromatic rings. The van der Waals surface area contributed by atoms with Crippen LogP contribution in [0.1, 0.15) is 41.0 Å². The number of carbonyl (C=O) groups is 2. The first-order valence-corrected chi connectivity index (χ1v) is 9.37. The zero-order valence-corrected chi connectivity index (χ0v) is 17.2. The molecule has 0 saturated carbocycles. The maximum Gasteiger partial charge on any atom is 0.410 e. The maximum absolute atomic E-state index is 12.7. The third-order valence-electron chi connectivity index (χ3n) is 4.93. The highest BCUT2D eigenvalue weighted by Crippen LogP contribution is 2.33. The van der Waals surface area contributed by atoms with Crippen LogP contribution in [-0.2, 0) is 9.47 Å². The van der Waals surface area contributed by atoms with Crippen LogP contribution in [0.3, 0.4) is 0 Å². The lowest BCUT2D eigenvalue weighted by molar-refractivity contribution is 0.0215. The van der Waals surface area contributed by atoms with Crippen LogP contribution >= 0.6 is 0 Å². The van der Waals surface area contributed by atoms with Gasteiger partial charge in [0.2, 0.25) is 0 Å². The Labute approximate surface area is 162 Å². The summed E-state index contributed by atoms with van der Waals surface area (Å²) >= 11 is 0. The standard InChI is InChI=1S/C21H32N2O4/c1-8-15-10-11-22(12-16(15)9-2)18(24)26-17-13-23(14-21(17,6)7)19(25)27-20(3,4)5/h8-9,17H,1-2,10-14H2,3-7H3. The molecule has 6 nitrogen and oxygen atoms in total. The molecule has 1 atom stereocenters. The van der Waals surface area contributed by atoms with Crippen LogP contribution in [0.2, 0.25) is 0 Å². The van der Waals surface area contributed by atoms with Crippen molar-refractivity contribution in [3.8, 4) is 0 Å². The smallest absolute Gasteiger partial charge is 0.410 e. The molecule has 0 aromatic carbocycles. The molecule has 0 aliphatic carbocycles. The number of amides is 2. The van der Waals surface area contributed by atoms with E-state index >= 15 is 0 Å². The van der Waals surface area contributed by atoms with E-state index < -0.39 is 5.60 Å². The minimum atomic E-state index is -0.555. The van der Waals surface area contributed by atoms with Gasteiger partial charge in [0.25, 0.3) is 0 Å². The van der Waals surface area contributed by atoms with E-state index in [1.54, 1.807) is 15.9 Å². The van der Waals surface area contributed by atoms with Gasteiger partial charge in [0, 0.05) is 25.0 Å². The van der Waals surface area contributed by atoms with Gasteiger partial charge in [0.1, 0.15) is 11.7 Å². The molecule has 1 saturated heterocycles. The lowest BCUT2D eigenvalue weighted by Crippen LogP contribution is -2.42. The Morgan fingerprint density at radius 3 is 2.30 bits per heavy atom. The van der Waals surface area contributed by atoms with Crippen molar-refractivity contribution in [1.82, 2.24) is 9.80 Å². The van der Waals surface area contributed by atoms with Gasteiger partial charge in [0.15, 0.2) is 0 Å². The maximum atomic E-state index is 12.7. The van der Waals surface area contributed by atoms with Crippen LogP contribution < -0.4 is 0 Å². The van der Waals surface area contributed by atoms with Gasteiger partial charge in [-0.3, -0.25) is 0 Å². The highest BCUT2D eigenvalue weighted by molar-refractivity contribution is 5.70. The van der Waals surface area contributed by atoms with E-state index in [0.29, 0.717) is 26.2 Å². The summed E-state index contributed by atoms with van der Waals surface area (Å²) in [5, 5.41) is 0. The Bertz CT molecular complexity index is 658. The molecule has 2 heterocycles. The number of hydrogen-bond donors (Lipinski definition) is 0. The fourth-order valence-corrected chi connectivity index (χ4v) is 3.35. The van der Waals surface area contributed by atoms with E-state index in [0.717, 1.165) is 17.6 Å². The molecule has 2 amide bonds. The molecule has 6 heteroatoms. The highest BCUT2D eigenvalue weighted by atomic mass is 16.6. The van der Waals surface area contributed by atoms with E-state index in [4.69, 9.17) is 9.47 Å². The zero-order valence-electron chi connectivity index (χ0n) is 17.2. The SMILES string of the molecule is C=CC1=C(C=C)CN(C(=O)OC2CN(C(=O)OC(C)(C)C)CC2(C)C)CC1. The number of rotatable bonds is 3. The monoisotopic (exact) mass is 376 g/mol. The van der Waals surface area contributed by atoms with Crippen LogP contribution in [0, 0.1) is 5.41 Å². The Balaban J connectivity index is 2.01. The first-order chi connectivity index (χ1) is 12.5. The van der Waals surface area contributed by atoms with Crippen LogP contribution in [-0.4, -0.2) is 59.9 Å². The molecule has 1 unspecified atom stereocenters. The van der Waals surface area contributed by atoms with Gasteiger partial charge >= 0.3 is 12.2 Å². The first-order valence-electron chi connectivity index (χ1n) is 9.37. The minimum absolute atomic E-state index is 0.337. The molecule has 27 heavy (non-hydrogen) atoms. The van der Waals surface area contributed by atoms with E-state index in [1.807, 2.05) is 40.7 Å². The van der Waals surface area contributed by atoms with Gasteiger partial charge in [-0.2, -0.15) is 0 Å². The van der Waals surface area contributed by atoms with Gasteiger partial charge in [-0.15, -0.1) is 0 Å². The van der Waals surface area contributed by atoms with Crippen molar-refractivity contribution in [3.63, 3.8) is 0 Å². The molecule has 2 aliphatic heterocycles. The summed E-state index contributed by atoms with van der Waals surface area (Å²) in [7, 11) is 0. The minimum Gasteiger partial charge on any atom is -0.444 e. The fourth-order valence-electron chi connectivity index (χ4n) is 3.35. The molecular weight excluding hydrogens is 344 g/mol. The van der Waals surface area contributed by atoms with Gasteiger partial charge in [-0.05, 0) is 38.3 Å². The van der Waals surface area contributed by atoms with E-state index in [9.17, 15) is 9.59 Å². The van der Waals surface area contributed by atoms with Gasteiger partial charge in [0.05, 0.1) is 6.54 Å². The molecular formula is C21H32N2O4. The molecule has 0 radical (unpaired) electrons. The second-order valence-corrected chi connectivity index (χ2v) is 8.85. The van der Waals surface area contributed by atoms with Crippen molar-refractivity contribution in [2.24, 2.45) is 5.41 Å². The summed E-state index contributed by atoms with van der Waals surface area (Å²) in [6, 6.07) is 0. The average molecular weight is 376 g/mol. The first kappa shape index (κ1) is 21.1. The van der Waals surface area contributed by atoms with E-state index in [1.165, 1.54) is 0 Å². The number of ether oxygens (including phenoxy) is 2. The van der Waals surface area contributed by atoms with E-state index in [-0.39, 0.29) is 23.7 Å². The topological polar surface area (TPSA) is 59.1 Å². The predicted molar refractivity (Wildman–Crippen MR) is 105 cm³/mol. The predicted octanol–water partition coefficient (Wildman–Crippen LogP) is 4.14. The van der Waals surface area contributed by atoms with Crippen LogP contribution in [0.5, 0.6) is 0 Å². The quantitative estimate of drug-likeness (QED) is 0.743. The van der Waals surface area contributed by atoms with Gasteiger partial charge < -0.3 is 19.3 Å². The highest BCUT2D eigenvalue weighted by Gasteiger charge is 2.45. The molecule has 1 fully saturated rings. The Morgan fingerprint density at radius 2 is 1.74 bits per heavy atom. The van der Waals surface area contributed by atoms with Crippen molar-refractivity contribution in [1.29, 1.82) is 0 Å². The van der Waals surface area contributed by atoms with Crippen molar-refractivity contribution in [2.45, 2.75) is 52.7 Å². The second kappa shape index (κ2) is 7.79. The molecule has 0 bridgehead atoms. The lowest BCUT2D eigenvalue weighted by Gasteiger charge is -2.31. The Hall–Kier alpha value is -2.24. The Morgan fingerprint density at radius 1 is 1.11 bits per heavy atom. The number of likely N-dealkylation sites (tertiary alicyclic amines) is 1. The molecule has 0 aromatic heterocycles. The second-order valence-electron chi connectivity index (χ2n) is 8.85. The van der Waals surface area contributed by atoms with Gasteiger partial charge in [-0.25, -0.2) is 9.59 Å². The van der Waals surface area contributed by atoms with Crippen molar-refractivity contribution < 1.29 is 19.1 Å². The number of nitrogens with zero attached hydrogens (tertiary/aromatic N) is 2. The van der Waals surface area contributed by atoms with Gasteiger partial charge in [-0.1, -0.05) is 39.2 Å². The summed E-state index contributed by atoms with van der Waals surface area (Å²) in [6.07, 6.45) is 3.20. The number of carbonyl (C=O) groups excluding carboxylic acids is 2. The van der Waals surface area contributed by atoms with Crippen LogP contribution in [0.15, 0.2) is 36.5 Å². The normalized spacial score (nSPS) is 22.5. The largest absolute Gasteiger partial charge is 0.444 e. The van der Waals surface area contributed by atoms with Crippen molar-refractivity contribution in [2.75, 3.05) is 26.2 Å². The molecule has 150 valence electrons. The molecule has 2 aliphatic rings. The van der Waals surface area contributed by atoms with Crippen LogP contribution in [0.25, 0.3) is 0 Å². The van der Waals surface area contributed by atoms with Crippen LogP contribution in [0.4, 0.5) is 9.59 Å². The van der Waals surface area contributed by atoms with E-state index in [2.05, 4.69) is 13.2 Å². The van der Waals surface area contributed by atoms with Crippen molar-refractivity contribution >= 4 is 12.2 Å².